The van der Waals surface area contributed by atoms with Gasteiger partial charge in [0, 0.05) is 5.92 Å². The third kappa shape index (κ3) is 1.87. The highest BCUT2D eigenvalue weighted by molar-refractivity contribution is 5.69. The molecule has 3 heteroatoms. The smallest absolute Gasteiger partial charge is 0.224 e. The zero-order valence-electron chi connectivity index (χ0n) is 9.29. The maximum atomic E-state index is 5.27. The van der Waals surface area contributed by atoms with E-state index in [9.17, 15) is 0 Å². The summed E-state index contributed by atoms with van der Waals surface area (Å²) >= 11 is 0. The van der Waals surface area contributed by atoms with Gasteiger partial charge in [-0.25, -0.2) is 9.97 Å². The summed E-state index contributed by atoms with van der Waals surface area (Å²) in [7, 11) is 1.64. The van der Waals surface area contributed by atoms with Crippen LogP contribution in [-0.4, -0.2) is 17.1 Å². The van der Waals surface area contributed by atoms with Crippen LogP contribution in [0.2, 0.25) is 0 Å². The first-order valence-corrected chi connectivity index (χ1v) is 5.35. The van der Waals surface area contributed by atoms with Crippen LogP contribution >= 0.6 is 0 Å². The molecule has 0 unspecified atom stereocenters. The molecule has 0 aliphatic heterocycles. The monoisotopic (exact) mass is 204 g/mol. The number of aromatic nitrogens is 2. The molecule has 2 rings (SSSR count). The zero-order chi connectivity index (χ0) is 10.8. The standard InChI is InChI=1S/C12H16N2O/c1-4-8(2)10-11(9-5-6-9)13-7-14-12(10)15-3/h7,9H,2,4-6H2,1,3H3. The Morgan fingerprint density at radius 3 is 2.80 bits per heavy atom. The molecule has 0 aromatic carbocycles. The molecule has 0 saturated heterocycles. The summed E-state index contributed by atoms with van der Waals surface area (Å²) in [5.41, 5.74) is 3.22. The Morgan fingerprint density at radius 1 is 1.53 bits per heavy atom. The molecule has 3 nitrogen and oxygen atoms in total. The fourth-order valence-electron chi connectivity index (χ4n) is 1.71. The average molecular weight is 204 g/mol. The minimum absolute atomic E-state index is 0.597. The Labute approximate surface area is 90.2 Å². The summed E-state index contributed by atoms with van der Waals surface area (Å²) in [6, 6.07) is 0. The van der Waals surface area contributed by atoms with Crippen LogP contribution in [0.5, 0.6) is 5.88 Å². The molecule has 1 aromatic rings. The van der Waals surface area contributed by atoms with Gasteiger partial charge in [0.25, 0.3) is 0 Å². The summed E-state index contributed by atoms with van der Waals surface area (Å²) < 4.78 is 5.27. The van der Waals surface area contributed by atoms with Gasteiger partial charge in [-0.15, -0.1) is 0 Å². The third-order valence-corrected chi connectivity index (χ3v) is 2.78. The molecule has 1 heterocycles. The highest BCUT2D eigenvalue weighted by Crippen LogP contribution is 2.43. The molecule has 15 heavy (non-hydrogen) atoms. The van der Waals surface area contributed by atoms with E-state index < -0.39 is 0 Å². The fourth-order valence-corrected chi connectivity index (χ4v) is 1.71. The van der Waals surface area contributed by atoms with Crippen molar-refractivity contribution >= 4 is 5.57 Å². The Morgan fingerprint density at radius 2 is 2.27 bits per heavy atom. The molecular weight excluding hydrogens is 188 g/mol. The molecular formula is C12H16N2O. The third-order valence-electron chi connectivity index (χ3n) is 2.78. The number of nitrogens with zero attached hydrogens (tertiary/aromatic N) is 2. The zero-order valence-corrected chi connectivity index (χ0v) is 9.29. The second kappa shape index (κ2) is 4.01. The van der Waals surface area contributed by atoms with Gasteiger partial charge in [-0.3, -0.25) is 0 Å². The summed E-state index contributed by atoms with van der Waals surface area (Å²) in [5, 5.41) is 0. The number of hydrogen-bond acceptors (Lipinski definition) is 3. The van der Waals surface area contributed by atoms with Gasteiger partial charge in [-0.2, -0.15) is 0 Å². The fraction of sp³-hybridized carbons (Fsp3) is 0.500. The first-order valence-electron chi connectivity index (χ1n) is 5.35. The Bertz CT molecular complexity index is 383. The number of rotatable bonds is 4. The molecule has 80 valence electrons. The number of allylic oxidation sites excluding steroid dienone is 1. The van der Waals surface area contributed by atoms with Crippen molar-refractivity contribution in [2.24, 2.45) is 0 Å². The lowest BCUT2D eigenvalue weighted by atomic mass is 10.0. The molecule has 0 spiro atoms. The van der Waals surface area contributed by atoms with E-state index in [1.54, 1.807) is 13.4 Å². The average Bonchev–Trinajstić information content (AvgIpc) is 3.10. The Kier molecular flexibility index (Phi) is 2.71. The van der Waals surface area contributed by atoms with Crippen LogP contribution in [0.15, 0.2) is 12.9 Å². The van der Waals surface area contributed by atoms with Crippen LogP contribution in [0, 0.1) is 0 Å². The van der Waals surface area contributed by atoms with Crippen molar-refractivity contribution in [3.63, 3.8) is 0 Å². The van der Waals surface area contributed by atoms with Gasteiger partial charge in [0.05, 0.1) is 18.4 Å². The van der Waals surface area contributed by atoms with Crippen LogP contribution in [0.3, 0.4) is 0 Å². The molecule has 1 aliphatic carbocycles. The number of hydrogen-bond donors (Lipinski definition) is 0. The topological polar surface area (TPSA) is 35.0 Å². The highest BCUT2D eigenvalue weighted by atomic mass is 16.5. The molecule has 0 atom stereocenters. The molecule has 1 fully saturated rings. The van der Waals surface area contributed by atoms with E-state index in [4.69, 9.17) is 4.74 Å². The van der Waals surface area contributed by atoms with Crippen molar-refractivity contribution in [1.82, 2.24) is 9.97 Å². The minimum atomic E-state index is 0.597. The Hall–Kier alpha value is -1.38. The molecule has 0 amide bonds. The van der Waals surface area contributed by atoms with Crippen molar-refractivity contribution in [3.05, 3.63) is 24.2 Å². The van der Waals surface area contributed by atoms with Crippen molar-refractivity contribution in [1.29, 1.82) is 0 Å². The molecule has 0 radical (unpaired) electrons. The van der Waals surface area contributed by atoms with Crippen LogP contribution in [0.25, 0.3) is 5.57 Å². The van der Waals surface area contributed by atoms with Gasteiger partial charge in [-0.05, 0) is 24.8 Å². The largest absolute Gasteiger partial charge is 0.480 e. The van der Waals surface area contributed by atoms with Crippen molar-refractivity contribution in [2.45, 2.75) is 32.1 Å². The summed E-state index contributed by atoms with van der Waals surface area (Å²) in [6.07, 6.45) is 4.94. The van der Waals surface area contributed by atoms with Gasteiger partial charge < -0.3 is 4.74 Å². The highest BCUT2D eigenvalue weighted by Gasteiger charge is 2.29. The second-order valence-corrected chi connectivity index (χ2v) is 3.87. The van der Waals surface area contributed by atoms with E-state index in [1.807, 2.05) is 0 Å². The number of ether oxygens (including phenoxy) is 1. The molecule has 1 aliphatic rings. The normalized spacial score (nSPS) is 15.1. The van der Waals surface area contributed by atoms with E-state index >= 15 is 0 Å². The first-order chi connectivity index (χ1) is 7.27. The van der Waals surface area contributed by atoms with Crippen LogP contribution in [0.1, 0.15) is 43.4 Å². The lowest BCUT2D eigenvalue weighted by Gasteiger charge is -2.12. The minimum Gasteiger partial charge on any atom is -0.480 e. The van der Waals surface area contributed by atoms with E-state index in [-0.39, 0.29) is 0 Å². The molecule has 0 bridgehead atoms. The quantitative estimate of drug-likeness (QED) is 0.756. The number of methoxy groups -OCH3 is 1. The summed E-state index contributed by atoms with van der Waals surface area (Å²) in [5.74, 6) is 1.26. The van der Waals surface area contributed by atoms with Gasteiger partial charge in [-0.1, -0.05) is 13.5 Å². The van der Waals surface area contributed by atoms with Gasteiger partial charge in [0.2, 0.25) is 5.88 Å². The lowest BCUT2D eigenvalue weighted by Crippen LogP contribution is -2.01. The van der Waals surface area contributed by atoms with Crippen molar-refractivity contribution in [2.75, 3.05) is 7.11 Å². The van der Waals surface area contributed by atoms with E-state index in [0.29, 0.717) is 11.8 Å². The first kappa shape index (κ1) is 10.1. The van der Waals surface area contributed by atoms with Crippen LogP contribution in [0.4, 0.5) is 0 Å². The summed E-state index contributed by atoms with van der Waals surface area (Å²) in [6.45, 7) is 6.15. The van der Waals surface area contributed by atoms with Gasteiger partial charge in [0.15, 0.2) is 0 Å². The van der Waals surface area contributed by atoms with Crippen LogP contribution in [-0.2, 0) is 0 Å². The second-order valence-electron chi connectivity index (χ2n) is 3.87. The van der Waals surface area contributed by atoms with E-state index in [0.717, 1.165) is 23.3 Å². The lowest BCUT2D eigenvalue weighted by molar-refractivity contribution is 0.394. The van der Waals surface area contributed by atoms with Gasteiger partial charge in [0.1, 0.15) is 6.33 Å². The predicted molar refractivity (Wildman–Crippen MR) is 59.9 cm³/mol. The van der Waals surface area contributed by atoms with E-state index in [2.05, 4.69) is 23.5 Å². The maximum absolute atomic E-state index is 5.27. The molecule has 1 saturated carbocycles. The van der Waals surface area contributed by atoms with Crippen molar-refractivity contribution < 1.29 is 4.74 Å². The Balaban J connectivity index is 2.48. The van der Waals surface area contributed by atoms with Gasteiger partial charge >= 0.3 is 0 Å². The summed E-state index contributed by atoms with van der Waals surface area (Å²) in [4.78, 5) is 8.51. The van der Waals surface area contributed by atoms with Crippen LogP contribution < -0.4 is 4.74 Å². The maximum Gasteiger partial charge on any atom is 0.224 e. The SMILES string of the molecule is C=C(CC)c1c(OC)ncnc1C1CC1. The van der Waals surface area contributed by atoms with E-state index in [1.165, 1.54) is 12.8 Å². The predicted octanol–water partition coefficient (Wildman–Crippen LogP) is 2.79. The molecule has 1 aromatic heterocycles. The van der Waals surface area contributed by atoms with Crippen molar-refractivity contribution in [3.8, 4) is 5.88 Å². The molecule has 0 N–H and O–H groups in total.